The second-order valence-corrected chi connectivity index (χ2v) is 6.34. The Hall–Kier alpha value is -1.97. The number of rotatable bonds is 8. The van der Waals surface area contributed by atoms with E-state index in [4.69, 9.17) is 4.74 Å². The summed E-state index contributed by atoms with van der Waals surface area (Å²) in [5.41, 5.74) is -0.136. The molecule has 1 amide bonds. The van der Waals surface area contributed by atoms with Crippen LogP contribution >= 0.6 is 11.3 Å². The molecule has 0 saturated carbocycles. The lowest BCUT2D eigenvalue weighted by atomic mass is 10.1. The van der Waals surface area contributed by atoms with E-state index < -0.39 is 11.7 Å². The van der Waals surface area contributed by atoms with Crippen LogP contribution in [0.3, 0.4) is 0 Å². The van der Waals surface area contributed by atoms with E-state index in [0.717, 1.165) is 17.0 Å². The summed E-state index contributed by atoms with van der Waals surface area (Å²) in [6, 6.07) is 5.18. The third kappa shape index (κ3) is 6.45. The quantitative estimate of drug-likeness (QED) is 0.699. The zero-order valence-corrected chi connectivity index (χ0v) is 14.3. The van der Waals surface area contributed by atoms with Gasteiger partial charge in [-0.05, 0) is 11.6 Å². The summed E-state index contributed by atoms with van der Waals surface area (Å²) in [7, 11) is 1.57. The minimum absolute atomic E-state index is 0.131. The maximum atomic E-state index is 12.7. The molecule has 1 aromatic carbocycles. The van der Waals surface area contributed by atoms with Crippen LogP contribution < -0.4 is 10.6 Å². The van der Waals surface area contributed by atoms with E-state index in [1.807, 2.05) is 0 Å². The zero-order valence-electron chi connectivity index (χ0n) is 13.5. The first-order chi connectivity index (χ1) is 11.9. The van der Waals surface area contributed by atoms with E-state index in [-0.39, 0.29) is 12.5 Å². The van der Waals surface area contributed by atoms with Gasteiger partial charge < -0.3 is 15.4 Å². The summed E-state index contributed by atoms with van der Waals surface area (Å²) >= 11 is 1.24. The van der Waals surface area contributed by atoms with Crippen LogP contribution in [0.4, 0.5) is 18.3 Å². The molecule has 0 unspecified atom stereocenters. The molecule has 1 aromatic heterocycles. The van der Waals surface area contributed by atoms with Gasteiger partial charge in [0.05, 0.1) is 18.7 Å². The van der Waals surface area contributed by atoms with Crippen molar-refractivity contribution < 1.29 is 22.7 Å². The molecule has 25 heavy (non-hydrogen) atoms. The number of benzene rings is 1. The van der Waals surface area contributed by atoms with Crippen LogP contribution in [0.1, 0.15) is 16.0 Å². The number of methoxy groups -OCH3 is 1. The second kappa shape index (κ2) is 8.93. The molecule has 2 rings (SSSR count). The summed E-state index contributed by atoms with van der Waals surface area (Å²) in [4.78, 5) is 16.6. The molecule has 0 spiro atoms. The highest BCUT2D eigenvalue weighted by Gasteiger charge is 2.30. The average molecular weight is 373 g/mol. The number of ether oxygens (including phenoxy) is 1. The molecule has 5 nitrogen and oxygen atoms in total. The van der Waals surface area contributed by atoms with Crippen molar-refractivity contribution >= 4 is 22.4 Å². The Morgan fingerprint density at radius 3 is 2.88 bits per heavy atom. The standard InChI is InChI=1S/C16H18F3N3O2S/c1-24-6-5-20-10-14(23)22-15-21-9-13(25-15)8-11-3-2-4-12(7-11)16(17,18)19/h2-4,7,9,20H,5-6,8,10H2,1H3,(H,21,22,23). The van der Waals surface area contributed by atoms with E-state index in [1.54, 1.807) is 19.4 Å². The molecule has 0 bridgehead atoms. The lowest BCUT2D eigenvalue weighted by Gasteiger charge is -2.07. The van der Waals surface area contributed by atoms with Gasteiger partial charge in [0, 0.05) is 31.1 Å². The molecule has 1 heterocycles. The molecule has 0 radical (unpaired) electrons. The molecule has 0 aliphatic heterocycles. The van der Waals surface area contributed by atoms with Gasteiger partial charge in [-0.15, -0.1) is 11.3 Å². The van der Waals surface area contributed by atoms with Crippen molar-refractivity contribution in [2.24, 2.45) is 0 Å². The number of nitrogens with one attached hydrogen (secondary N) is 2. The van der Waals surface area contributed by atoms with Gasteiger partial charge in [0.2, 0.25) is 5.91 Å². The van der Waals surface area contributed by atoms with Crippen LogP contribution in [0.2, 0.25) is 0 Å². The molecule has 136 valence electrons. The topological polar surface area (TPSA) is 63.2 Å². The van der Waals surface area contributed by atoms with Gasteiger partial charge in [-0.2, -0.15) is 13.2 Å². The monoisotopic (exact) mass is 373 g/mol. The SMILES string of the molecule is COCCNCC(=O)Nc1ncc(Cc2cccc(C(F)(F)F)c2)s1. The highest BCUT2D eigenvalue weighted by molar-refractivity contribution is 7.15. The van der Waals surface area contributed by atoms with Crippen LogP contribution in [0.15, 0.2) is 30.5 Å². The van der Waals surface area contributed by atoms with E-state index >= 15 is 0 Å². The van der Waals surface area contributed by atoms with Crippen molar-refractivity contribution in [1.82, 2.24) is 10.3 Å². The van der Waals surface area contributed by atoms with Crippen LogP contribution in [0.25, 0.3) is 0 Å². The molecule has 2 aromatic rings. The number of carbonyl (C=O) groups is 1. The summed E-state index contributed by atoms with van der Waals surface area (Å²) < 4.78 is 43.1. The molecule has 0 aliphatic rings. The Morgan fingerprint density at radius 1 is 1.36 bits per heavy atom. The summed E-state index contributed by atoms with van der Waals surface area (Å²) in [5.74, 6) is -0.240. The molecule has 0 atom stereocenters. The fourth-order valence-electron chi connectivity index (χ4n) is 2.05. The van der Waals surface area contributed by atoms with Gasteiger partial charge in [0.25, 0.3) is 0 Å². The predicted molar refractivity (Wildman–Crippen MR) is 89.7 cm³/mol. The van der Waals surface area contributed by atoms with Crippen LogP contribution in [0.5, 0.6) is 0 Å². The highest BCUT2D eigenvalue weighted by Crippen LogP contribution is 2.30. The first-order valence-corrected chi connectivity index (χ1v) is 8.30. The fourth-order valence-corrected chi connectivity index (χ4v) is 2.91. The number of hydrogen-bond donors (Lipinski definition) is 2. The fraction of sp³-hybridized carbons (Fsp3) is 0.375. The van der Waals surface area contributed by atoms with E-state index in [0.29, 0.717) is 30.3 Å². The van der Waals surface area contributed by atoms with E-state index in [9.17, 15) is 18.0 Å². The van der Waals surface area contributed by atoms with Crippen molar-refractivity contribution in [3.8, 4) is 0 Å². The summed E-state index contributed by atoms with van der Waals surface area (Å²) in [5, 5.41) is 5.97. The summed E-state index contributed by atoms with van der Waals surface area (Å²) in [6.07, 6.45) is -2.49. The van der Waals surface area contributed by atoms with Crippen molar-refractivity contribution in [3.05, 3.63) is 46.5 Å². The first kappa shape index (κ1) is 19.4. The van der Waals surface area contributed by atoms with Gasteiger partial charge in [0.1, 0.15) is 0 Å². The zero-order chi connectivity index (χ0) is 18.3. The molecule has 2 N–H and O–H groups in total. The average Bonchev–Trinajstić information content (AvgIpc) is 2.98. The van der Waals surface area contributed by atoms with Gasteiger partial charge in [-0.1, -0.05) is 18.2 Å². The maximum absolute atomic E-state index is 12.7. The smallest absolute Gasteiger partial charge is 0.383 e. The molecule has 9 heteroatoms. The van der Waals surface area contributed by atoms with Crippen LogP contribution in [-0.4, -0.2) is 37.7 Å². The number of amides is 1. The Morgan fingerprint density at radius 2 is 2.16 bits per heavy atom. The lowest BCUT2D eigenvalue weighted by Crippen LogP contribution is -2.30. The number of nitrogens with zero attached hydrogens (tertiary/aromatic N) is 1. The van der Waals surface area contributed by atoms with Crippen molar-refractivity contribution in [2.45, 2.75) is 12.6 Å². The molecular formula is C16H18F3N3O2S. The number of halogens is 3. The minimum atomic E-state index is -4.36. The third-order valence-electron chi connectivity index (χ3n) is 3.20. The first-order valence-electron chi connectivity index (χ1n) is 7.49. The Balaban J connectivity index is 1.90. The third-order valence-corrected chi connectivity index (χ3v) is 4.11. The number of aromatic nitrogens is 1. The maximum Gasteiger partial charge on any atom is 0.416 e. The summed E-state index contributed by atoms with van der Waals surface area (Å²) in [6.45, 7) is 1.19. The number of thiazole rings is 1. The van der Waals surface area contributed by atoms with Gasteiger partial charge in [-0.3, -0.25) is 4.79 Å². The number of hydrogen-bond acceptors (Lipinski definition) is 5. The minimum Gasteiger partial charge on any atom is -0.383 e. The molecule has 0 saturated heterocycles. The molecule has 0 fully saturated rings. The van der Waals surface area contributed by atoms with Crippen molar-refractivity contribution in [1.29, 1.82) is 0 Å². The molecule has 0 aliphatic carbocycles. The normalized spacial score (nSPS) is 11.5. The van der Waals surface area contributed by atoms with Gasteiger partial charge >= 0.3 is 6.18 Å². The Kier molecular flexibility index (Phi) is 6.91. The lowest BCUT2D eigenvalue weighted by molar-refractivity contribution is -0.137. The van der Waals surface area contributed by atoms with E-state index in [1.165, 1.54) is 17.4 Å². The van der Waals surface area contributed by atoms with Gasteiger partial charge in [0.15, 0.2) is 5.13 Å². The number of alkyl halides is 3. The predicted octanol–water partition coefficient (Wildman–Crippen LogP) is 2.93. The van der Waals surface area contributed by atoms with Crippen molar-refractivity contribution in [2.75, 3.05) is 32.1 Å². The Bertz CT molecular complexity index is 704. The largest absolute Gasteiger partial charge is 0.416 e. The number of carbonyl (C=O) groups excluding carboxylic acids is 1. The second-order valence-electron chi connectivity index (χ2n) is 5.22. The van der Waals surface area contributed by atoms with Crippen LogP contribution in [0, 0.1) is 0 Å². The van der Waals surface area contributed by atoms with Crippen molar-refractivity contribution in [3.63, 3.8) is 0 Å². The Labute approximate surface area is 147 Å². The number of anilines is 1. The van der Waals surface area contributed by atoms with Crippen LogP contribution in [-0.2, 0) is 22.1 Å². The molecular weight excluding hydrogens is 355 g/mol. The highest BCUT2D eigenvalue weighted by atomic mass is 32.1. The van der Waals surface area contributed by atoms with E-state index in [2.05, 4.69) is 15.6 Å². The van der Waals surface area contributed by atoms with Gasteiger partial charge in [-0.25, -0.2) is 4.98 Å².